The van der Waals surface area contributed by atoms with Crippen molar-refractivity contribution in [2.45, 2.75) is 38.8 Å². The number of anilines is 2. The molecule has 7 heteroatoms. The Hall–Kier alpha value is -3.84. The van der Waals surface area contributed by atoms with E-state index in [4.69, 9.17) is 10.5 Å². The van der Waals surface area contributed by atoms with Crippen LogP contribution in [0.25, 0.3) is 0 Å². The van der Waals surface area contributed by atoms with Crippen molar-refractivity contribution in [3.63, 3.8) is 0 Å². The third-order valence-electron chi connectivity index (χ3n) is 5.25. The Labute approximate surface area is 200 Å². The minimum atomic E-state index is -0.679. The molecule has 0 spiro atoms. The minimum absolute atomic E-state index is 0.263. The van der Waals surface area contributed by atoms with Crippen LogP contribution in [0.3, 0.4) is 0 Å². The maximum atomic E-state index is 12.8. The first-order chi connectivity index (χ1) is 16.5. The fraction of sp³-hybridized carbons (Fsp3) is 0.259. The lowest BCUT2D eigenvalue weighted by molar-refractivity contribution is -0.118. The highest BCUT2D eigenvalue weighted by Crippen LogP contribution is 2.17. The summed E-state index contributed by atoms with van der Waals surface area (Å²) in [6, 6.07) is 23.4. The van der Waals surface area contributed by atoms with Crippen LogP contribution in [0.2, 0.25) is 0 Å². The molecule has 5 N–H and O–H groups in total. The number of carbonyl (C=O) groups is 2. The molecule has 178 valence electrons. The van der Waals surface area contributed by atoms with E-state index in [2.05, 4.69) is 16.0 Å². The Kier molecular flexibility index (Phi) is 9.49. The third-order valence-corrected chi connectivity index (χ3v) is 5.25. The van der Waals surface area contributed by atoms with Crippen molar-refractivity contribution < 1.29 is 14.3 Å². The van der Waals surface area contributed by atoms with Crippen LogP contribution in [0.1, 0.15) is 30.4 Å². The number of ether oxygens (including phenoxy) is 1. The van der Waals surface area contributed by atoms with Gasteiger partial charge in [-0.25, -0.2) is 4.79 Å². The second-order valence-corrected chi connectivity index (χ2v) is 8.09. The molecule has 1 atom stereocenters. The minimum Gasteiger partial charge on any atom is -0.489 e. The van der Waals surface area contributed by atoms with E-state index in [1.807, 2.05) is 61.5 Å². The molecule has 34 heavy (non-hydrogen) atoms. The SMILES string of the molecule is Cc1ccc(NC(=O)C(CCCCN)NC(=O)Nc2ccc(OCc3ccccc3)cc2)cc1. The average Bonchev–Trinajstić information content (AvgIpc) is 2.85. The number of urea groups is 1. The van der Waals surface area contributed by atoms with E-state index < -0.39 is 12.1 Å². The van der Waals surface area contributed by atoms with Gasteiger partial charge in [0.15, 0.2) is 0 Å². The smallest absolute Gasteiger partial charge is 0.319 e. The lowest BCUT2D eigenvalue weighted by Crippen LogP contribution is -2.45. The predicted molar refractivity (Wildman–Crippen MR) is 136 cm³/mol. The van der Waals surface area contributed by atoms with Crippen LogP contribution < -0.4 is 26.4 Å². The number of carbonyl (C=O) groups excluding carboxylic acids is 2. The van der Waals surface area contributed by atoms with Crippen molar-refractivity contribution in [1.82, 2.24) is 5.32 Å². The molecule has 0 saturated heterocycles. The summed E-state index contributed by atoms with van der Waals surface area (Å²) in [6.45, 7) is 2.99. The van der Waals surface area contributed by atoms with Crippen LogP contribution in [0, 0.1) is 6.92 Å². The van der Waals surface area contributed by atoms with Gasteiger partial charge < -0.3 is 26.4 Å². The number of nitrogens with one attached hydrogen (secondary N) is 3. The third kappa shape index (κ3) is 8.26. The van der Waals surface area contributed by atoms with Crippen LogP contribution in [-0.2, 0) is 11.4 Å². The second kappa shape index (κ2) is 13.0. The molecule has 3 aromatic rings. The predicted octanol–water partition coefficient (Wildman–Crippen LogP) is 4.83. The molecule has 3 rings (SSSR count). The molecular weight excluding hydrogens is 428 g/mol. The van der Waals surface area contributed by atoms with Crippen molar-refractivity contribution in [2.24, 2.45) is 5.73 Å². The Morgan fingerprint density at radius 3 is 2.18 bits per heavy atom. The Bertz CT molecular complexity index is 1040. The summed E-state index contributed by atoms with van der Waals surface area (Å²) in [6.07, 6.45) is 2.01. The van der Waals surface area contributed by atoms with Crippen molar-refractivity contribution in [1.29, 1.82) is 0 Å². The molecule has 0 heterocycles. The fourth-order valence-electron chi connectivity index (χ4n) is 3.33. The molecule has 3 aromatic carbocycles. The van der Waals surface area contributed by atoms with Crippen LogP contribution in [0.15, 0.2) is 78.9 Å². The van der Waals surface area contributed by atoms with Crippen LogP contribution in [0.5, 0.6) is 5.75 Å². The first-order valence-corrected chi connectivity index (χ1v) is 11.5. The molecule has 7 nitrogen and oxygen atoms in total. The second-order valence-electron chi connectivity index (χ2n) is 8.09. The molecule has 0 bridgehead atoms. The number of amides is 3. The van der Waals surface area contributed by atoms with Crippen molar-refractivity contribution in [3.05, 3.63) is 90.0 Å². The highest BCUT2D eigenvalue weighted by molar-refractivity contribution is 5.99. The largest absolute Gasteiger partial charge is 0.489 e. The van der Waals surface area contributed by atoms with Gasteiger partial charge in [-0.1, -0.05) is 48.0 Å². The van der Waals surface area contributed by atoms with Gasteiger partial charge in [0.05, 0.1) is 0 Å². The summed E-state index contributed by atoms with van der Waals surface area (Å²) in [5, 5.41) is 8.43. The first-order valence-electron chi connectivity index (χ1n) is 11.5. The number of hydrogen-bond acceptors (Lipinski definition) is 4. The topological polar surface area (TPSA) is 105 Å². The van der Waals surface area contributed by atoms with Gasteiger partial charge in [0.1, 0.15) is 18.4 Å². The Morgan fingerprint density at radius 2 is 1.50 bits per heavy atom. The summed E-state index contributed by atoms with van der Waals surface area (Å²) in [7, 11) is 0. The number of rotatable bonds is 11. The monoisotopic (exact) mass is 460 g/mol. The van der Waals surface area contributed by atoms with Gasteiger partial charge in [-0.3, -0.25) is 4.79 Å². The zero-order valence-electron chi connectivity index (χ0n) is 19.4. The van der Waals surface area contributed by atoms with E-state index in [0.717, 1.165) is 24.0 Å². The van der Waals surface area contributed by atoms with Gasteiger partial charge in [0, 0.05) is 11.4 Å². The normalized spacial score (nSPS) is 11.4. The molecule has 0 aliphatic carbocycles. The Balaban J connectivity index is 1.54. The standard InChI is InChI=1S/C27H32N4O3/c1-20-10-12-22(13-11-20)29-26(32)25(9-5-6-18-28)31-27(33)30-23-14-16-24(17-15-23)34-19-21-7-3-2-4-8-21/h2-4,7-8,10-17,25H,5-6,9,18-19,28H2,1H3,(H,29,32)(H2,30,31,33). The van der Waals surface area contributed by atoms with E-state index in [9.17, 15) is 9.59 Å². The number of aryl methyl sites for hydroxylation is 1. The van der Waals surface area contributed by atoms with Crippen LogP contribution in [-0.4, -0.2) is 24.5 Å². The lowest BCUT2D eigenvalue weighted by atomic mass is 10.1. The first kappa shape index (κ1) is 24.8. The lowest BCUT2D eigenvalue weighted by Gasteiger charge is -2.19. The summed E-state index contributed by atoms with van der Waals surface area (Å²) in [5.74, 6) is 0.438. The van der Waals surface area contributed by atoms with Gasteiger partial charge in [-0.2, -0.15) is 0 Å². The van der Waals surface area contributed by atoms with E-state index in [1.165, 1.54) is 0 Å². The van der Waals surface area contributed by atoms with Gasteiger partial charge >= 0.3 is 6.03 Å². The maximum absolute atomic E-state index is 12.8. The number of hydrogen-bond donors (Lipinski definition) is 4. The maximum Gasteiger partial charge on any atom is 0.319 e. The van der Waals surface area contributed by atoms with Gasteiger partial charge in [-0.05, 0) is 74.7 Å². The van der Waals surface area contributed by atoms with E-state index in [1.54, 1.807) is 24.3 Å². The number of unbranched alkanes of at least 4 members (excludes halogenated alkanes) is 1. The van der Waals surface area contributed by atoms with E-state index in [0.29, 0.717) is 36.7 Å². The fourth-order valence-corrected chi connectivity index (χ4v) is 3.33. The van der Waals surface area contributed by atoms with Gasteiger partial charge in [-0.15, -0.1) is 0 Å². The van der Waals surface area contributed by atoms with Crippen LogP contribution in [0.4, 0.5) is 16.2 Å². The number of nitrogens with two attached hydrogens (primary N) is 1. The number of benzene rings is 3. The van der Waals surface area contributed by atoms with E-state index >= 15 is 0 Å². The molecule has 3 amide bonds. The summed E-state index contributed by atoms with van der Waals surface area (Å²) in [4.78, 5) is 25.4. The zero-order chi connectivity index (χ0) is 24.2. The van der Waals surface area contributed by atoms with Crippen molar-refractivity contribution in [3.8, 4) is 5.75 Å². The van der Waals surface area contributed by atoms with Gasteiger partial charge in [0.25, 0.3) is 0 Å². The van der Waals surface area contributed by atoms with Crippen molar-refractivity contribution in [2.75, 3.05) is 17.2 Å². The van der Waals surface area contributed by atoms with E-state index in [-0.39, 0.29) is 5.91 Å². The van der Waals surface area contributed by atoms with Gasteiger partial charge in [0.2, 0.25) is 5.91 Å². The summed E-state index contributed by atoms with van der Waals surface area (Å²) >= 11 is 0. The highest BCUT2D eigenvalue weighted by atomic mass is 16.5. The molecular formula is C27H32N4O3. The molecule has 0 aliphatic heterocycles. The summed E-state index contributed by atoms with van der Waals surface area (Å²) in [5.41, 5.74) is 9.06. The zero-order valence-corrected chi connectivity index (χ0v) is 19.4. The Morgan fingerprint density at radius 1 is 0.853 bits per heavy atom. The average molecular weight is 461 g/mol. The molecule has 1 unspecified atom stereocenters. The van der Waals surface area contributed by atoms with Crippen molar-refractivity contribution >= 4 is 23.3 Å². The molecule has 0 fully saturated rings. The van der Waals surface area contributed by atoms with Crippen LogP contribution >= 0.6 is 0 Å². The molecule has 0 aromatic heterocycles. The molecule has 0 saturated carbocycles. The summed E-state index contributed by atoms with van der Waals surface area (Å²) < 4.78 is 5.78. The highest BCUT2D eigenvalue weighted by Gasteiger charge is 2.20. The molecule has 0 aliphatic rings. The molecule has 0 radical (unpaired) electrons. The quantitative estimate of drug-likeness (QED) is 0.308.